The summed E-state index contributed by atoms with van der Waals surface area (Å²) < 4.78 is 0. The molecule has 0 atom stereocenters. The minimum atomic E-state index is 0.0313. The molecule has 1 fully saturated rings. The molecule has 1 heterocycles. The zero-order valence-electron chi connectivity index (χ0n) is 8.81. The van der Waals surface area contributed by atoms with E-state index in [4.69, 9.17) is 0 Å². The summed E-state index contributed by atoms with van der Waals surface area (Å²) in [4.78, 5) is 15.1. The topological polar surface area (TPSA) is 23.6 Å². The molecule has 0 unspecified atom stereocenters. The Bertz CT molecular complexity index is 386. The van der Waals surface area contributed by atoms with Crippen LogP contribution in [0.25, 0.3) is 0 Å². The molecule has 3 heteroatoms. The van der Waals surface area contributed by atoms with E-state index in [0.717, 1.165) is 11.3 Å². The van der Waals surface area contributed by atoms with Crippen LogP contribution in [0.3, 0.4) is 0 Å². The summed E-state index contributed by atoms with van der Waals surface area (Å²) in [5, 5.41) is 0. The van der Waals surface area contributed by atoms with Gasteiger partial charge in [-0.1, -0.05) is 36.9 Å². The monoisotopic (exact) mass is 202 g/mol. The molecular weight excluding hydrogens is 188 g/mol. The molecule has 78 valence electrons. The molecule has 1 saturated heterocycles. The summed E-state index contributed by atoms with van der Waals surface area (Å²) in [7, 11) is 1.79. The summed E-state index contributed by atoms with van der Waals surface area (Å²) in [5.74, 6) is 0. The number of likely N-dealkylation sites (N-methyl/N-ethyl adjacent to an activating group) is 1. The highest BCUT2D eigenvalue weighted by Gasteiger charge is 2.28. The van der Waals surface area contributed by atoms with E-state index in [-0.39, 0.29) is 6.03 Å². The van der Waals surface area contributed by atoms with Crippen molar-refractivity contribution >= 4 is 6.03 Å². The Morgan fingerprint density at radius 2 is 2.00 bits per heavy atom. The molecule has 1 aromatic rings. The molecule has 1 aromatic carbocycles. The molecule has 0 spiro atoms. The zero-order chi connectivity index (χ0) is 10.8. The molecule has 1 aliphatic heterocycles. The summed E-state index contributed by atoms with van der Waals surface area (Å²) in [6.45, 7) is 5.14. The highest BCUT2D eigenvalue weighted by Crippen LogP contribution is 2.18. The molecule has 0 saturated carbocycles. The summed E-state index contributed by atoms with van der Waals surface area (Å²) in [6.07, 6.45) is 0. The highest BCUT2D eigenvalue weighted by molar-refractivity contribution is 5.79. The number of hydrogen-bond donors (Lipinski definition) is 0. The van der Waals surface area contributed by atoms with Crippen molar-refractivity contribution in [2.45, 2.75) is 6.54 Å². The first-order valence-electron chi connectivity index (χ1n) is 4.93. The van der Waals surface area contributed by atoms with E-state index in [2.05, 4.69) is 6.58 Å². The average molecular weight is 202 g/mol. The molecular formula is C12H14N2O. The molecule has 0 aliphatic carbocycles. The smallest absolute Gasteiger partial charge is 0.322 e. The molecule has 2 rings (SSSR count). The number of hydrogen-bond acceptors (Lipinski definition) is 1. The van der Waals surface area contributed by atoms with Crippen LogP contribution >= 0.6 is 0 Å². The minimum Gasteiger partial charge on any atom is -0.322 e. The van der Waals surface area contributed by atoms with Crippen LogP contribution in [0.4, 0.5) is 4.79 Å². The van der Waals surface area contributed by atoms with Crippen LogP contribution in [-0.2, 0) is 6.54 Å². The second-order valence-electron chi connectivity index (χ2n) is 3.78. The van der Waals surface area contributed by atoms with Crippen molar-refractivity contribution in [2.24, 2.45) is 0 Å². The lowest BCUT2D eigenvalue weighted by Crippen LogP contribution is -2.28. The summed E-state index contributed by atoms with van der Waals surface area (Å²) in [5.41, 5.74) is 1.99. The first-order valence-corrected chi connectivity index (χ1v) is 4.93. The Morgan fingerprint density at radius 1 is 1.33 bits per heavy atom. The summed E-state index contributed by atoms with van der Waals surface area (Å²) in [6, 6.07) is 9.97. The van der Waals surface area contributed by atoms with Crippen molar-refractivity contribution in [3.8, 4) is 0 Å². The normalized spacial score (nSPS) is 16.3. The Hall–Kier alpha value is -1.77. The molecule has 3 nitrogen and oxygen atoms in total. The number of nitrogens with zero attached hydrogens (tertiary/aromatic N) is 2. The van der Waals surface area contributed by atoms with Crippen LogP contribution in [0.1, 0.15) is 5.56 Å². The van der Waals surface area contributed by atoms with Crippen molar-refractivity contribution in [3.63, 3.8) is 0 Å². The van der Waals surface area contributed by atoms with Gasteiger partial charge in [-0.2, -0.15) is 0 Å². The fraction of sp³-hybridized carbons (Fsp3) is 0.250. The zero-order valence-corrected chi connectivity index (χ0v) is 8.81. The van der Waals surface area contributed by atoms with Gasteiger partial charge >= 0.3 is 6.03 Å². The molecule has 0 bridgehead atoms. The average Bonchev–Trinajstić information content (AvgIpc) is 2.47. The number of rotatable bonds is 2. The van der Waals surface area contributed by atoms with Crippen molar-refractivity contribution in [1.29, 1.82) is 0 Å². The van der Waals surface area contributed by atoms with Crippen LogP contribution in [-0.4, -0.2) is 29.4 Å². The van der Waals surface area contributed by atoms with E-state index in [1.807, 2.05) is 30.3 Å². The molecule has 2 amide bonds. The van der Waals surface area contributed by atoms with E-state index >= 15 is 0 Å². The van der Waals surface area contributed by atoms with E-state index in [0.29, 0.717) is 13.1 Å². The fourth-order valence-electron chi connectivity index (χ4n) is 1.71. The van der Waals surface area contributed by atoms with Gasteiger partial charge in [0, 0.05) is 12.7 Å². The maximum absolute atomic E-state index is 11.7. The SMILES string of the molecule is C=C1CN(C)C(=O)N1Cc1ccccc1. The van der Waals surface area contributed by atoms with Gasteiger partial charge in [0.15, 0.2) is 0 Å². The maximum atomic E-state index is 11.7. The standard InChI is InChI=1S/C12H14N2O/c1-10-8-13(2)12(15)14(10)9-11-6-4-3-5-7-11/h3-7H,1,8-9H2,2H3. The summed E-state index contributed by atoms with van der Waals surface area (Å²) >= 11 is 0. The largest absolute Gasteiger partial charge is 0.324 e. The maximum Gasteiger partial charge on any atom is 0.324 e. The van der Waals surface area contributed by atoms with Crippen LogP contribution < -0.4 is 0 Å². The van der Waals surface area contributed by atoms with Gasteiger partial charge in [0.1, 0.15) is 0 Å². The van der Waals surface area contributed by atoms with Crippen molar-refractivity contribution in [3.05, 3.63) is 48.2 Å². The molecule has 0 N–H and O–H groups in total. The van der Waals surface area contributed by atoms with Crippen LogP contribution in [0, 0.1) is 0 Å². The molecule has 0 radical (unpaired) electrons. The quantitative estimate of drug-likeness (QED) is 0.720. The molecule has 15 heavy (non-hydrogen) atoms. The third kappa shape index (κ3) is 1.86. The fourth-order valence-corrected chi connectivity index (χ4v) is 1.71. The van der Waals surface area contributed by atoms with Crippen molar-refractivity contribution < 1.29 is 4.79 Å². The van der Waals surface area contributed by atoms with Gasteiger partial charge in [-0.05, 0) is 5.56 Å². The van der Waals surface area contributed by atoms with Gasteiger partial charge in [-0.3, -0.25) is 4.90 Å². The lowest BCUT2D eigenvalue weighted by atomic mass is 10.2. The van der Waals surface area contributed by atoms with Crippen LogP contribution in [0.2, 0.25) is 0 Å². The number of urea groups is 1. The number of amides is 2. The van der Waals surface area contributed by atoms with Gasteiger partial charge in [-0.15, -0.1) is 0 Å². The lowest BCUT2D eigenvalue weighted by molar-refractivity contribution is 0.200. The van der Waals surface area contributed by atoms with Gasteiger partial charge < -0.3 is 4.90 Å². The number of benzene rings is 1. The Morgan fingerprint density at radius 3 is 2.53 bits per heavy atom. The third-order valence-electron chi connectivity index (χ3n) is 2.54. The predicted octanol–water partition coefficient (Wildman–Crippen LogP) is 2.07. The Labute approximate surface area is 89.6 Å². The second-order valence-corrected chi connectivity index (χ2v) is 3.78. The van der Waals surface area contributed by atoms with Gasteiger partial charge in [0.05, 0.1) is 13.1 Å². The van der Waals surface area contributed by atoms with E-state index in [9.17, 15) is 4.79 Å². The minimum absolute atomic E-state index is 0.0313. The van der Waals surface area contributed by atoms with Gasteiger partial charge in [0.2, 0.25) is 0 Å². The molecule has 1 aliphatic rings. The van der Waals surface area contributed by atoms with Gasteiger partial charge in [-0.25, -0.2) is 4.79 Å². The van der Waals surface area contributed by atoms with Crippen LogP contribution in [0.15, 0.2) is 42.6 Å². The lowest BCUT2D eigenvalue weighted by Gasteiger charge is -2.16. The number of carbonyl (C=O) groups excluding carboxylic acids is 1. The first-order chi connectivity index (χ1) is 7.18. The van der Waals surface area contributed by atoms with Crippen molar-refractivity contribution in [2.75, 3.05) is 13.6 Å². The molecule has 0 aromatic heterocycles. The van der Waals surface area contributed by atoms with E-state index in [1.54, 1.807) is 16.8 Å². The predicted molar refractivity (Wildman–Crippen MR) is 59.2 cm³/mol. The first kappa shape index (κ1) is 9.77. The third-order valence-corrected chi connectivity index (χ3v) is 2.54. The van der Waals surface area contributed by atoms with Gasteiger partial charge in [0.25, 0.3) is 0 Å². The van der Waals surface area contributed by atoms with Crippen LogP contribution in [0.5, 0.6) is 0 Å². The van der Waals surface area contributed by atoms with Crippen molar-refractivity contribution in [1.82, 2.24) is 9.80 Å². The second kappa shape index (κ2) is 3.77. The Kier molecular flexibility index (Phi) is 2.46. The highest BCUT2D eigenvalue weighted by atomic mass is 16.2. The van der Waals surface area contributed by atoms with E-state index in [1.165, 1.54) is 0 Å². The van der Waals surface area contributed by atoms with E-state index < -0.39 is 0 Å². The Balaban J connectivity index is 2.13. The number of carbonyl (C=O) groups is 1.